The third-order valence-electron chi connectivity index (χ3n) is 3.86. The smallest absolute Gasteiger partial charge is 0.306 e. The number of ether oxygens (including phenoxy) is 1. The molecule has 0 unspecified atom stereocenters. The first kappa shape index (κ1) is 19.4. The first-order chi connectivity index (χ1) is 12.5. The van der Waals surface area contributed by atoms with Crippen LogP contribution in [0.4, 0.5) is 5.69 Å². The summed E-state index contributed by atoms with van der Waals surface area (Å²) in [6, 6.07) is 16.2. The highest BCUT2D eigenvalue weighted by Gasteiger charge is 2.19. The highest BCUT2D eigenvalue weighted by atomic mass is 16.5. The third-order valence-corrected chi connectivity index (χ3v) is 3.86. The Bertz CT molecular complexity index is 753. The fourth-order valence-electron chi connectivity index (χ4n) is 2.40. The lowest BCUT2D eigenvalue weighted by atomic mass is 10.1. The van der Waals surface area contributed by atoms with Crippen LogP contribution in [0.2, 0.25) is 0 Å². The number of esters is 1. The van der Waals surface area contributed by atoms with Crippen LogP contribution in [-0.4, -0.2) is 23.8 Å². The summed E-state index contributed by atoms with van der Waals surface area (Å²) in [5.74, 6) is -0.879. The zero-order valence-electron chi connectivity index (χ0n) is 15.0. The lowest BCUT2D eigenvalue weighted by Gasteiger charge is -2.12. The minimum Gasteiger partial charge on any atom is -0.454 e. The SMILES string of the molecule is Cc1ccc(NC(=O)CCCC(=O)O[C@@H](C)C(=O)c2ccccc2)cc1. The van der Waals surface area contributed by atoms with Gasteiger partial charge in [0.1, 0.15) is 0 Å². The van der Waals surface area contributed by atoms with E-state index in [2.05, 4.69) is 5.32 Å². The predicted molar refractivity (Wildman–Crippen MR) is 100.0 cm³/mol. The van der Waals surface area contributed by atoms with E-state index < -0.39 is 12.1 Å². The van der Waals surface area contributed by atoms with Crippen LogP contribution in [-0.2, 0) is 14.3 Å². The van der Waals surface area contributed by atoms with Gasteiger partial charge in [-0.15, -0.1) is 0 Å². The number of carbonyl (C=O) groups excluding carboxylic acids is 3. The van der Waals surface area contributed by atoms with Crippen molar-refractivity contribution in [2.75, 3.05) is 5.32 Å². The first-order valence-electron chi connectivity index (χ1n) is 8.61. The van der Waals surface area contributed by atoms with Crippen molar-refractivity contribution in [3.63, 3.8) is 0 Å². The van der Waals surface area contributed by atoms with Crippen LogP contribution in [0.3, 0.4) is 0 Å². The van der Waals surface area contributed by atoms with E-state index in [4.69, 9.17) is 4.74 Å². The van der Waals surface area contributed by atoms with Crippen LogP contribution in [0.15, 0.2) is 54.6 Å². The Kier molecular flexibility index (Phi) is 7.09. The molecule has 0 aliphatic heterocycles. The summed E-state index contributed by atoms with van der Waals surface area (Å²) in [4.78, 5) is 35.9. The van der Waals surface area contributed by atoms with Crippen LogP contribution in [0.25, 0.3) is 0 Å². The molecule has 2 aromatic carbocycles. The third kappa shape index (κ3) is 6.16. The molecule has 0 aliphatic carbocycles. The molecular weight excluding hydrogens is 330 g/mol. The molecule has 0 aromatic heterocycles. The number of rotatable bonds is 8. The van der Waals surface area contributed by atoms with Gasteiger partial charge in [-0.2, -0.15) is 0 Å². The fourth-order valence-corrected chi connectivity index (χ4v) is 2.40. The molecule has 136 valence electrons. The monoisotopic (exact) mass is 353 g/mol. The number of benzene rings is 2. The Morgan fingerprint density at radius 3 is 2.27 bits per heavy atom. The topological polar surface area (TPSA) is 72.5 Å². The molecule has 0 saturated heterocycles. The Labute approximate surface area is 153 Å². The van der Waals surface area contributed by atoms with Gasteiger partial charge in [-0.05, 0) is 32.4 Å². The molecule has 0 heterocycles. The Morgan fingerprint density at radius 2 is 1.62 bits per heavy atom. The molecule has 5 nitrogen and oxygen atoms in total. The zero-order valence-corrected chi connectivity index (χ0v) is 15.0. The molecule has 26 heavy (non-hydrogen) atoms. The van der Waals surface area contributed by atoms with Crippen molar-refractivity contribution in [1.82, 2.24) is 0 Å². The molecule has 1 atom stereocenters. The summed E-state index contributed by atoms with van der Waals surface area (Å²) >= 11 is 0. The minimum atomic E-state index is -0.841. The number of hydrogen-bond acceptors (Lipinski definition) is 4. The maximum Gasteiger partial charge on any atom is 0.306 e. The largest absolute Gasteiger partial charge is 0.454 e. The van der Waals surface area contributed by atoms with Gasteiger partial charge in [-0.1, -0.05) is 48.0 Å². The van der Waals surface area contributed by atoms with E-state index >= 15 is 0 Å². The van der Waals surface area contributed by atoms with Gasteiger partial charge in [0.25, 0.3) is 0 Å². The van der Waals surface area contributed by atoms with Crippen LogP contribution in [0.1, 0.15) is 42.1 Å². The number of aryl methyl sites for hydroxylation is 1. The normalized spacial score (nSPS) is 11.5. The molecule has 2 rings (SSSR count). The second-order valence-electron chi connectivity index (χ2n) is 6.13. The highest BCUT2D eigenvalue weighted by Crippen LogP contribution is 2.11. The van der Waals surface area contributed by atoms with E-state index in [0.29, 0.717) is 12.0 Å². The van der Waals surface area contributed by atoms with Gasteiger partial charge in [0.15, 0.2) is 6.10 Å². The number of hydrogen-bond donors (Lipinski definition) is 1. The number of amides is 1. The van der Waals surface area contributed by atoms with Crippen LogP contribution >= 0.6 is 0 Å². The van der Waals surface area contributed by atoms with Crippen LogP contribution in [0, 0.1) is 6.92 Å². The van der Waals surface area contributed by atoms with E-state index in [1.807, 2.05) is 37.3 Å². The van der Waals surface area contributed by atoms with E-state index in [0.717, 1.165) is 11.3 Å². The number of ketones is 1. The molecule has 0 spiro atoms. The number of anilines is 1. The molecule has 0 aliphatic rings. The highest BCUT2D eigenvalue weighted by molar-refractivity contribution is 6.00. The molecule has 0 saturated carbocycles. The van der Waals surface area contributed by atoms with E-state index in [1.165, 1.54) is 0 Å². The van der Waals surface area contributed by atoms with E-state index in [1.54, 1.807) is 31.2 Å². The Hall–Kier alpha value is -2.95. The van der Waals surface area contributed by atoms with Gasteiger partial charge in [-0.25, -0.2) is 0 Å². The van der Waals surface area contributed by atoms with Crippen molar-refractivity contribution in [3.8, 4) is 0 Å². The molecule has 0 bridgehead atoms. The Morgan fingerprint density at radius 1 is 0.962 bits per heavy atom. The zero-order chi connectivity index (χ0) is 18.9. The van der Waals surface area contributed by atoms with Gasteiger partial charge < -0.3 is 10.1 Å². The minimum absolute atomic E-state index is 0.0910. The standard InChI is InChI=1S/C21H23NO4/c1-15-11-13-18(14-12-15)22-19(23)9-6-10-20(24)26-16(2)21(25)17-7-4-3-5-8-17/h3-5,7-8,11-14,16H,6,9-10H2,1-2H3,(H,22,23)/t16-/m0/s1. The maximum atomic E-state index is 12.1. The number of nitrogens with one attached hydrogen (secondary N) is 1. The molecule has 0 radical (unpaired) electrons. The summed E-state index contributed by atoms with van der Waals surface area (Å²) in [5, 5.41) is 2.78. The van der Waals surface area contributed by atoms with Gasteiger partial charge in [0.05, 0.1) is 0 Å². The quantitative estimate of drug-likeness (QED) is 0.577. The summed E-state index contributed by atoms with van der Waals surface area (Å²) in [7, 11) is 0. The maximum absolute atomic E-state index is 12.1. The van der Waals surface area contributed by atoms with Gasteiger partial charge in [0.2, 0.25) is 11.7 Å². The van der Waals surface area contributed by atoms with E-state index in [-0.39, 0.29) is 24.5 Å². The van der Waals surface area contributed by atoms with Crippen molar-refractivity contribution >= 4 is 23.3 Å². The Balaban J connectivity index is 1.70. The average molecular weight is 353 g/mol. The average Bonchev–Trinajstić information content (AvgIpc) is 2.63. The van der Waals surface area contributed by atoms with Crippen molar-refractivity contribution in [1.29, 1.82) is 0 Å². The van der Waals surface area contributed by atoms with Gasteiger partial charge in [-0.3, -0.25) is 14.4 Å². The van der Waals surface area contributed by atoms with E-state index in [9.17, 15) is 14.4 Å². The summed E-state index contributed by atoms with van der Waals surface area (Å²) in [6.45, 7) is 3.53. The summed E-state index contributed by atoms with van der Waals surface area (Å²) < 4.78 is 5.16. The van der Waals surface area contributed by atoms with Crippen molar-refractivity contribution in [2.24, 2.45) is 0 Å². The molecule has 0 fully saturated rings. The van der Waals surface area contributed by atoms with Crippen LogP contribution in [0.5, 0.6) is 0 Å². The predicted octanol–water partition coefficient (Wildman–Crippen LogP) is 3.92. The second kappa shape index (κ2) is 9.51. The molecule has 1 N–H and O–H groups in total. The number of carbonyl (C=O) groups is 3. The van der Waals surface area contributed by atoms with Crippen LogP contribution < -0.4 is 5.32 Å². The molecule has 1 amide bonds. The first-order valence-corrected chi connectivity index (χ1v) is 8.61. The fraction of sp³-hybridized carbons (Fsp3) is 0.286. The van der Waals surface area contributed by atoms with Gasteiger partial charge >= 0.3 is 5.97 Å². The second-order valence-corrected chi connectivity index (χ2v) is 6.13. The molecular formula is C21H23NO4. The van der Waals surface area contributed by atoms with Gasteiger partial charge in [0, 0.05) is 24.1 Å². The van der Waals surface area contributed by atoms with Crippen molar-refractivity contribution in [2.45, 2.75) is 39.2 Å². The lowest BCUT2D eigenvalue weighted by Crippen LogP contribution is -2.24. The molecule has 5 heteroatoms. The summed E-state index contributed by atoms with van der Waals surface area (Å²) in [5.41, 5.74) is 2.35. The van der Waals surface area contributed by atoms with Crippen molar-refractivity contribution < 1.29 is 19.1 Å². The number of Topliss-reactive ketones (excluding diaryl/α,β-unsaturated/α-hetero) is 1. The van der Waals surface area contributed by atoms with Crippen molar-refractivity contribution in [3.05, 3.63) is 65.7 Å². The molecule has 2 aromatic rings. The summed E-state index contributed by atoms with van der Waals surface area (Å²) in [6.07, 6.45) is -0.174. The lowest BCUT2D eigenvalue weighted by molar-refractivity contribution is -0.146.